The van der Waals surface area contributed by atoms with Crippen LogP contribution in [-0.2, 0) is 4.74 Å². The first-order valence-electron chi connectivity index (χ1n) is 3.98. The molecule has 0 aromatic rings. The quantitative estimate of drug-likeness (QED) is 0.634. The number of rotatable bonds is 5. The van der Waals surface area contributed by atoms with E-state index in [-0.39, 0.29) is 0 Å². The molecule has 0 spiro atoms. The van der Waals surface area contributed by atoms with Crippen LogP contribution in [0.25, 0.3) is 0 Å². The van der Waals surface area contributed by atoms with Gasteiger partial charge in [0, 0.05) is 6.61 Å². The highest BCUT2D eigenvalue weighted by atomic mass is 16.5. The zero-order valence-electron chi connectivity index (χ0n) is 7.26. The standard InChI is InChI=1S/C8H19NO/c1-7(2)10-6-8(3)4-5-9/h7-8H,4-6,9H2,1-3H3. The lowest BCUT2D eigenvalue weighted by Gasteiger charge is -2.12. The van der Waals surface area contributed by atoms with E-state index in [1.165, 1.54) is 0 Å². The van der Waals surface area contributed by atoms with Gasteiger partial charge >= 0.3 is 0 Å². The van der Waals surface area contributed by atoms with Crippen molar-refractivity contribution in [3.8, 4) is 0 Å². The van der Waals surface area contributed by atoms with Crippen molar-refractivity contribution >= 4 is 0 Å². The average molecular weight is 145 g/mol. The summed E-state index contributed by atoms with van der Waals surface area (Å²) in [6, 6.07) is 0. The summed E-state index contributed by atoms with van der Waals surface area (Å²) >= 11 is 0. The smallest absolute Gasteiger partial charge is 0.0519 e. The van der Waals surface area contributed by atoms with E-state index < -0.39 is 0 Å². The molecule has 0 aromatic heterocycles. The van der Waals surface area contributed by atoms with Gasteiger partial charge in [0.15, 0.2) is 0 Å². The number of hydrogen-bond donors (Lipinski definition) is 1. The lowest BCUT2D eigenvalue weighted by Crippen LogP contribution is -2.14. The van der Waals surface area contributed by atoms with Crippen LogP contribution in [0.5, 0.6) is 0 Å². The van der Waals surface area contributed by atoms with Crippen molar-refractivity contribution < 1.29 is 4.74 Å². The molecule has 0 heterocycles. The highest BCUT2D eigenvalue weighted by molar-refractivity contribution is 4.51. The first-order chi connectivity index (χ1) is 4.66. The number of nitrogens with two attached hydrogens (primary N) is 1. The molecular weight excluding hydrogens is 126 g/mol. The molecule has 1 unspecified atom stereocenters. The van der Waals surface area contributed by atoms with Gasteiger partial charge in [0.2, 0.25) is 0 Å². The van der Waals surface area contributed by atoms with Gasteiger partial charge in [0.1, 0.15) is 0 Å². The molecule has 0 saturated heterocycles. The van der Waals surface area contributed by atoms with E-state index >= 15 is 0 Å². The number of ether oxygens (including phenoxy) is 1. The zero-order chi connectivity index (χ0) is 7.98. The summed E-state index contributed by atoms with van der Waals surface area (Å²) in [4.78, 5) is 0. The second-order valence-electron chi connectivity index (χ2n) is 3.06. The van der Waals surface area contributed by atoms with Crippen molar-refractivity contribution in [3.63, 3.8) is 0 Å². The monoisotopic (exact) mass is 145 g/mol. The van der Waals surface area contributed by atoms with Crippen molar-refractivity contribution in [1.82, 2.24) is 0 Å². The third-order valence-electron chi connectivity index (χ3n) is 1.37. The largest absolute Gasteiger partial charge is 0.379 e. The third-order valence-corrected chi connectivity index (χ3v) is 1.37. The molecule has 62 valence electrons. The summed E-state index contributed by atoms with van der Waals surface area (Å²) in [6.45, 7) is 7.87. The maximum atomic E-state index is 5.40. The summed E-state index contributed by atoms with van der Waals surface area (Å²) in [6.07, 6.45) is 1.41. The second kappa shape index (κ2) is 5.69. The molecule has 2 nitrogen and oxygen atoms in total. The van der Waals surface area contributed by atoms with Crippen molar-refractivity contribution in [2.24, 2.45) is 11.7 Å². The molecule has 10 heavy (non-hydrogen) atoms. The maximum absolute atomic E-state index is 5.40. The van der Waals surface area contributed by atoms with Gasteiger partial charge < -0.3 is 10.5 Å². The fourth-order valence-corrected chi connectivity index (χ4v) is 0.725. The van der Waals surface area contributed by atoms with Crippen LogP contribution in [-0.4, -0.2) is 19.3 Å². The lowest BCUT2D eigenvalue weighted by molar-refractivity contribution is 0.0539. The molecule has 0 aromatic carbocycles. The first kappa shape index (κ1) is 9.92. The minimum atomic E-state index is 0.347. The summed E-state index contributed by atoms with van der Waals surface area (Å²) in [7, 11) is 0. The van der Waals surface area contributed by atoms with Gasteiger partial charge in [-0.3, -0.25) is 0 Å². The van der Waals surface area contributed by atoms with Gasteiger partial charge in [0.25, 0.3) is 0 Å². The predicted octanol–water partition coefficient (Wildman–Crippen LogP) is 1.40. The fourth-order valence-electron chi connectivity index (χ4n) is 0.725. The van der Waals surface area contributed by atoms with E-state index in [1.807, 2.05) is 0 Å². The summed E-state index contributed by atoms with van der Waals surface area (Å²) in [5, 5.41) is 0. The Morgan fingerprint density at radius 2 is 1.90 bits per heavy atom. The van der Waals surface area contributed by atoms with E-state index in [2.05, 4.69) is 20.8 Å². The van der Waals surface area contributed by atoms with Crippen LogP contribution >= 0.6 is 0 Å². The van der Waals surface area contributed by atoms with Gasteiger partial charge in [-0.25, -0.2) is 0 Å². The Morgan fingerprint density at radius 3 is 2.30 bits per heavy atom. The SMILES string of the molecule is CC(CCN)COC(C)C. The van der Waals surface area contributed by atoms with Gasteiger partial charge in [-0.1, -0.05) is 6.92 Å². The second-order valence-corrected chi connectivity index (χ2v) is 3.06. The summed E-state index contributed by atoms with van der Waals surface area (Å²) in [5.41, 5.74) is 5.38. The van der Waals surface area contributed by atoms with Crippen molar-refractivity contribution in [2.75, 3.05) is 13.2 Å². The molecule has 0 radical (unpaired) electrons. The molecule has 0 saturated carbocycles. The van der Waals surface area contributed by atoms with E-state index in [0.717, 1.165) is 19.6 Å². The lowest BCUT2D eigenvalue weighted by atomic mass is 10.1. The van der Waals surface area contributed by atoms with Gasteiger partial charge in [-0.2, -0.15) is 0 Å². The van der Waals surface area contributed by atoms with E-state index in [9.17, 15) is 0 Å². The Hall–Kier alpha value is -0.0800. The van der Waals surface area contributed by atoms with Gasteiger partial charge in [-0.05, 0) is 32.7 Å². The van der Waals surface area contributed by atoms with Crippen LogP contribution in [0.4, 0.5) is 0 Å². The molecule has 1 atom stereocenters. The van der Waals surface area contributed by atoms with Crippen molar-refractivity contribution in [2.45, 2.75) is 33.3 Å². The Labute approximate surface area is 63.7 Å². The summed E-state index contributed by atoms with van der Waals surface area (Å²) in [5.74, 6) is 0.604. The Morgan fingerprint density at radius 1 is 1.30 bits per heavy atom. The molecule has 2 heteroatoms. The minimum absolute atomic E-state index is 0.347. The van der Waals surface area contributed by atoms with Crippen LogP contribution in [0.3, 0.4) is 0 Å². The normalized spacial score (nSPS) is 14.1. The Bertz CT molecular complexity index is 73.7. The van der Waals surface area contributed by atoms with Gasteiger partial charge in [-0.15, -0.1) is 0 Å². The molecule has 0 aliphatic rings. The molecular formula is C8H19NO. The number of hydrogen-bond acceptors (Lipinski definition) is 2. The molecule has 0 aliphatic heterocycles. The molecule has 2 N–H and O–H groups in total. The average Bonchev–Trinajstić information content (AvgIpc) is 1.85. The fraction of sp³-hybridized carbons (Fsp3) is 1.00. The predicted molar refractivity (Wildman–Crippen MR) is 43.9 cm³/mol. The minimum Gasteiger partial charge on any atom is -0.379 e. The van der Waals surface area contributed by atoms with Gasteiger partial charge in [0.05, 0.1) is 6.10 Å². The van der Waals surface area contributed by atoms with E-state index in [0.29, 0.717) is 12.0 Å². The van der Waals surface area contributed by atoms with Crippen LogP contribution in [0, 0.1) is 5.92 Å². The van der Waals surface area contributed by atoms with Crippen LogP contribution < -0.4 is 5.73 Å². The van der Waals surface area contributed by atoms with Crippen LogP contribution in [0.1, 0.15) is 27.2 Å². The molecule has 0 bridgehead atoms. The molecule has 0 amide bonds. The molecule has 0 fully saturated rings. The molecule has 0 aliphatic carbocycles. The maximum Gasteiger partial charge on any atom is 0.0519 e. The summed E-state index contributed by atoms with van der Waals surface area (Å²) < 4.78 is 5.40. The highest BCUT2D eigenvalue weighted by Crippen LogP contribution is 2.01. The Balaban J connectivity index is 3.12. The molecule has 0 rings (SSSR count). The van der Waals surface area contributed by atoms with E-state index in [4.69, 9.17) is 10.5 Å². The highest BCUT2D eigenvalue weighted by Gasteiger charge is 2.01. The van der Waals surface area contributed by atoms with Crippen molar-refractivity contribution in [1.29, 1.82) is 0 Å². The first-order valence-corrected chi connectivity index (χ1v) is 3.98. The zero-order valence-corrected chi connectivity index (χ0v) is 7.26. The van der Waals surface area contributed by atoms with Crippen molar-refractivity contribution in [3.05, 3.63) is 0 Å². The Kier molecular flexibility index (Phi) is 5.64. The van der Waals surface area contributed by atoms with E-state index in [1.54, 1.807) is 0 Å². The van der Waals surface area contributed by atoms with Crippen LogP contribution in [0.2, 0.25) is 0 Å². The third kappa shape index (κ3) is 6.05. The topological polar surface area (TPSA) is 35.2 Å². The van der Waals surface area contributed by atoms with Crippen LogP contribution in [0.15, 0.2) is 0 Å².